The van der Waals surface area contributed by atoms with Crippen LogP contribution >= 0.6 is 11.8 Å². The monoisotopic (exact) mass is 422 g/mol. The van der Waals surface area contributed by atoms with Crippen molar-refractivity contribution < 1.29 is 9.13 Å². The fourth-order valence-corrected chi connectivity index (χ4v) is 4.93. The number of ether oxygens (including phenoxy) is 1. The number of nitrogens with one attached hydrogen (secondary N) is 1. The minimum absolute atomic E-state index is 0.119. The number of benzene rings is 2. The van der Waals surface area contributed by atoms with Crippen LogP contribution in [0.25, 0.3) is 22.3 Å². The molecule has 7 heteroatoms. The smallest absolute Gasteiger partial charge is 0.192 e. The Morgan fingerprint density at radius 1 is 1.20 bits per heavy atom. The van der Waals surface area contributed by atoms with E-state index in [2.05, 4.69) is 38.8 Å². The van der Waals surface area contributed by atoms with E-state index in [9.17, 15) is 4.39 Å². The van der Waals surface area contributed by atoms with Gasteiger partial charge in [0, 0.05) is 34.5 Å². The van der Waals surface area contributed by atoms with Gasteiger partial charge in [-0.2, -0.15) is 0 Å². The van der Waals surface area contributed by atoms with Gasteiger partial charge >= 0.3 is 0 Å². The zero-order valence-electron chi connectivity index (χ0n) is 16.7. The Balaban J connectivity index is 1.51. The Kier molecular flexibility index (Phi) is 5.31. The summed E-state index contributed by atoms with van der Waals surface area (Å²) < 4.78 is 21.4. The molecule has 5 rings (SSSR count). The topological polar surface area (TPSA) is 55.7 Å². The van der Waals surface area contributed by atoms with Crippen molar-refractivity contribution in [1.82, 2.24) is 19.7 Å². The van der Waals surface area contributed by atoms with Gasteiger partial charge in [0.2, 0.25) is 0 Å². The largest absolute Gasteiger partial charge is 0.376 e. The fourth-order valence-electron chi connectivity index (χ4n) is 3.95. The highest BCUT2D eigenvalue weighted by Gasteiger charge is 2.24. The van der Waals surface area contributed by atoms with Crippen LogP contribution in [0.1, 0.15) is 30.6 Å². The van der Waals surface area contributed by atoms with Crippen LogP contribution in [0.3, 0.4) is 0 Å². The molecule has 2 aromatic carbocycles. The van der Waals surface area contributed by atoms with Gasteiger partial charge in [-0.15, -0.1) is 10.2 Å². The molecule has 154 valence electrons. The van der Waals surface area contributed by atoms with Crippen molar-refractivity contribution in [2.75, 3.05) is 6.61 Å². The summed E-state index contributed by atoms with van der Waals surface area (Å²) in [6, 6.07) is 14.9. The average Bonchev–Trinajstić information content (AvgIpc) is 3.50. The normalized spacial score (nSPS) is 17.6. The highest BCUT2D eigenvalue weighted by molar-refractivity contribution is 7.99. The van der Waals surface area contributed by atoms with Crippen LogP contribution in [0.5, 0.6) is 0 Å². The number of aromatic nitrogens is 4. The van der Waals surface area contributed by atoms with E-state index in [0.717, 1.165) is 59.0 Å². The molecule has 1 fully saturated rings. The van der Waals surface area contributed by atoms with Crippen molar-refractivity contribution in [2.24, 2.45) is 0 Å². The van der Waals surface area contributed by atoms with Crippen LogP contribution < -0.4 is 0 Å². The van der Waals surface area contributed by atoms with Crippen LogP contribution in [0.15, 0.2) is 59.9 Å². The Bertz CT molecular complexity index is 1150. The zero-order chi connectivity index (χ0) is 20.5. The summed E-state index contributed by atoms with van der Waals surface area (Å²) in [5.41, 5.74) is 3.17. The maximum atomic E-state index is 13.3. The van der Waals surface area contributed by atoms with Gasteiger partial charge in [-0.1, -0.05) is 42.1 Å². The first-order chi connectivity index (χ1) is 14.7. The highest BCUT2D eigenvalue weighted by Crippen LogP contribution is 2.37. The molecule has 2 atom stereocenters. The first kappa shape index (κ1) is 19.3. The molecule has 2 unspecified atom stereocenters. The van der Waals surface area contributed by atoms with Crippen molar-refractivity contribution in [2.45, 2.75) is 42.8 Å². The maximum absolute atomic E-state index is 13.3. The van der Waals surface area contributed by atoms with E-state index < -0.39 is 0 Å². The van der Waals surface area contributed by atoms with Gasteiger partial charge in [0.15, 0.2) is 11.0 Å². The molecule has 1 aliphatic heterocycles. The van der Waals surface area contributed by atoms with Crippen molar-refractivity contribution in [1.29, 1.82) is 0 Å². The molecule has 0 bridgehead atoms. The summed E-state index contributed by atoms with van der Waals surface area (Å²) >= 11 is 1.64. The molecule has 0 spiro atoms. The molecule has 3 heterocycles. The predicted octanol–water partition coefficient (Wildman–Crippen LogP) is 5.60. The average molecular weight is 423 g/mol. The third-order valence-electron chi connectivity index (χ3n) is 5.58. The van der Waals surface area contributed by atoms with Gasteiger partial charge in [-0.25, -0.2) is 4.39 Å². The molecule has 2 aromatic heterocycles. The molecule has 1 saturated heterocycles. The van der Waals surface area contributed by atoms with Crippen LogP contribution in [0.4, 0.5) is 4.39 Å². The summed E-state index contributed by atoms with van der Waals surface area (Å²) in [7, 11) is 0. The molecular formula is C23H23FN4OS. The Labute approximate surface area is 178 Å². The number of hydrogen-bond donors (Lipinski definition) is 1. The molecule has 0 amide bonds. The number of aromatic amines is 1. The van der Waals surface area contributed by atoms with Crippen molar-refractivity contribution >= 4 is 22.7 Å². The van der Waals surface area contributed by atoms with Gasteiger partial charge < -0.3 is 9.72 Å². The predicted molar refractivity (Wildman–Crippen MR) is 117 cm³/mol. The van der Waals surface area contributed by atoms with Gasteiger partial charge in [0.25, 0.3) is 0 Å². The van der Waals surface area contributed by atoms with Gasteiger partial charge in [0.1, 0.15) is 5.82 Å². The van der Waals surface area contributed by atoms with Crippen molar-refractivity contribution in [3.8, 4) is 11.4 Å². The molecule has 30 heavy (non-hydrogen) atoms. The first-order valence-corrected chi connectivity index (χ1v) is 11.1. The van der Waals surface area contributed by atoms with E-state index in [1.165, 1.54) is 12.1 Å². The Morgan fingerprint density at radius 2 is 2.03 bits per heavy atom. The van der Waals surface area contributed by atoms with Gasteiger partial charge in [0.05, 0.1) is 12.6 Å². The lowest BCUT2D eigenvalue weighted by atomic mass is 10.1. The van der Waals surface area contributed by atoms with Crippen molar-refractivity contribution in [3.05, 3.63) is 66.1 Å². The summed E-state index contributed by atoms with van der Waals surface area (Å²) in [6.07, 6.45) is 4.30. The third kappa shape index (κ3) is 3.75. The number of hydrogen-bond acceptors (Lipinski definition) is 4. The quantitative estimate of drug-likeness (QED) is 0.411. The van der Waals surface area contributed by atoms with Crippen LogP contribution in [-0.2, 0) is 11.3 Å². The molecule has 0 aliphatic carbocycles. The number of rotatable bonds is 6. The van der Waals surface area contributed by atoms with E-state index in [-0.39, 0.29) is 17.2 Å². The van der Waals surface area contributed by atoms with Gasteiger partial charge in [-0.3, -0.25) is 4.57 Å². The first-order valence-electron chi connectivity index (χ1n) is 10.2. The summed E-state index contributed by atoms with van der Waals surface area (Å²) in [5.74, 6) is 0.621. The minimum Gasteiger partial charge on any atom is -0.376 e. The third-order valence-corrected chi connectivity index (χ3v) is 6.72. The van der Waals surface area contributed by atoms with E-state index in [0.29, 0.717) is 0 Å². The molecule has 5 nitrogen and oxygen atoms in total. The van der Waals surface area contributed by atoms with Crippen molar-refractivity contribution in [3.63, 3.8) is 0 Å². The Morgan fingerprint density at radius 3 is 2.83 bits per heavy atom. The SMILES string of the molecule is CC(Sc1nnc(-c2c[nH]c3ccccc23)n1CC1CCCO1)c1ccc(F)cc1. The highest BCUT2D eigenvalue weighted by atomic mass is 32.2. The lowest BCUT2D eigenvalue weighted by Crippen LogP contribution is -2.16. The number of fused-ring (bicyclic) bond motifs is 1. The summed E-state index contributed by atoms with van der Waals surface area (Å²) in [6.45, 7) is 3.64. The minimum atomic E-state index is -0.223. The van der Waals surface area contributed by atoms with Gasteiger partial charge in [-0.05, 0) is 43.5 Å². The number of halogens is 1. The second kappa shape index (κ2) is 8.24. The molecule has 0 saturated carbocycles. The number of para-hydroxylation sites is 1. The standard InChI is InChI=1S/C23H23FN4OS/c1-15(16-8-10-17(24)11-9-16)30-23-27-26-22(28(23)14-18-5-4-12-29-18)20-13-25-21-7-3-2-6-19(20)21/h2-3,6-11,13,15,18,25H,4-5,12,14H2,1H3. The van der Waals surface area contributed by atoms with E-state index in [1.54, 1.807) is 11.8 Å². The second-order valence-electron chi connectivity index (χ2n) is 7.61. The number of thioether (sulfide) groups is 1. The van der Waals surface area contributed by atoms with Crippen LogP contribution in [0.2, 0.25) is 0 Å². The molecule has 0 radical (unpaired) electrons. The number of nitrogens with zero attached hydrogens (tertiary/aromatic N) is 3. The molecule has 1 N–H and O–H groups in total. The molecule has 4 aromatic rings. The van der Waals surface area contributed by atoms with E-state index >= 15 is 0 Å². The Hall–Kier alpha value is -2.64. The summed E-state index contributed by atoms with van der Waals surface area (Å²) in [4.78, 5) is 3.33. The van der Waals surface area contributed by atoms with E-state index in [4.69, 9.17) is 4.74 Å². The fraction of sp³-hybridized carbons (Fsp3) is 0.304. The number of H-pyrrole nitrogens is 1. The molecular weight excluding hydrogens is 399 g/mol. The lowest BCUT2D eigenvalue weighted by Gasteiger charge is -2.16. The second-order valence-corrected chi connectivity index (χ2v) is 8.92. The van der Waals surface area contributed by atoms with Crippen LogP contribution in [0, 0.1) is 5.82 Å². The van der Waals surface area contributed by atoms with E-state index in [1.807, 2.05) is 30.5 Å². The lowest BCUT2D eigenvalue weighted by molar-refractivity contribution is 0.0953. The maximum Gasteiger partial charge on any atom is 0.192 e. The molecule has 1 aliphatic rings. The zero-order valence-corrected chi connectivity index (χ0v) is 17.5. The van der Waals surface area contributed by atoms with Crippen LogP contribution in [-0.4, -0.2) is 32.5 Å². The summed E-state index contributed by atoms with van der Waals surface area (Å²) in [5, 5.41) is 11.2.